The van der Waals surface area contributed by atoms with Crippen LogP contribution in [0.25, 0.3) is 0 Å². The second-order valence-electron chi connectivity index (χ2n) is 6.44. The largest absolute Gasteiger partial charge is 0.459 e. The number of esters is 1. The van der Waals surface area contributed by atoms with E-state index < -0.39 is 6.04 Å². The number of ether oxygens (including phenoxy) is 1. The van der Waals surface area contributed by atoms with Crippen molar-refractivity contribution < 1.29 is 9.53 Å². The summed E-state index contributed by atoms with van der Waals surface area (Å²) in [7, 11) is 0. The Morgan fingerprint density at radius 2 is 2.00 bits per heavy atom. The average molecular weight is 336 g/mol. The van der Waals surface area contributed by atoms with E-state index in [0.717, 1.165) is 5.56 Å². The van der Waals surface area contributed by atoms with E-state index in [1.54, 1.807) is 11.8 Å². The third-order valence-corrected chi connectivity index (χ3v) is 6.46. The standard InChI is InChI=1S/C16H20N2O2S2/c1-15(2)12(18-13(21)11(17)16(18,3)22-15)14(19)20-9-10-7-5-4-6-8-10/h4-8,11-12H,9,17H2,1-3H3/t11-,12+,16?/m1/s1. The summed E-state index contributed by atoms with van der Waals surface area (Å²) < 4.78 is 5.24. The van der Waals surface area contributed by atoms with Crippen molar-refractivity contribution in [2.24, 2.45) is 5.73 Å². The average Bonchev–Trinajstić information content (AvgIpc) is 2.69. The molecule has 22 heavy (non-hydrogen) atoms. The number of fused-ring (bicyclic) bond motifs is 1. The van der Waals surface area contributed by atoms with Crippen LogP contribution in [0.3, 0.4) is 0 Å². The van der Waals surface area contributed by atoms with Crippen molar-refractivity contribution >= 4 is 34.9 Å². The van der Waals surface area contributed by atoms with Crippen molar-refractivity contribution in [1.29, 1.82) is 0 Å². The van der Waals surface area contributed by atoms with Crippen LogP contribution < -0.4 is 5.73 Å². The molecule has 0 spiro atoms. The molecule has 118 valence electrons. The molecule has 2 aliphatic rings. The highest BCUT2D eigenvalue weighted by Crippen LogP contribution is 2.58. The topological polar surface area (TPSA) is 55.6 Å². The summed E-state index contributed by atoms with van der Waals surface area (Å²) >= 11 is 7.07. The van der Waals surface area contributed by atoms with Crippen LogP contribution in [-0.2, 0) is 16.1 Å². The molecule has 6 heteroatoms. The van der Waals surface area contributed by atoms with Gasteiger partial charge < -0.3 is 15.4 Å². The molecule has 0 bridgehead atoms. The van der Waals surface area contributed by atoms with Crippen LogP contribution in [0.15, 0.2) is 30.3 Å². The van der Waals surface area contributed by atoms with E-state index in [2.05, 4.69) is 0 Å². The molecule has 0 radical (unpaired) electrons. The molecule has 4 nitrogen and oxygen atoms in total. The van der Waals surface area contributed by atoms with Gasteiger partial charge in [0, 0.05) is 4.75 Å². The molecule has 0 aromatic heterocycles. The number of rotatable bonds is 3. The van der Waals surface area contributed by atoms with Gasteiger partial charge in [-0.25, -0.2) is 4.79 Å². The molecule has 2 fully saturated rings. The van der Waals surface area contributed by atoms with Gasteiger partial charge in [0.1, 0.15) is 22.5 Å². The number of hydrogen-bond donors (Lipinski definition) is 1. The minimum Gasteiger partial charge on any atom is -0.459 e. The van der Waals surface area contributed by atoms with Crippen molar-refractivity contribution in [2.45, 2.75) is 49.1 Å². The fraction of sp³-hybridized carbons (Fsp3) is 0.500. The first kappa shape index (κ1) is 15.8. The van der Waals surface area contributed by atoms with Gasteiger partial charge in [-0.15, -0.1) is 11.8 Å². The van der Waals surface area contributed by atoms with E-state index in [1.807, 2.05) is 56.0 Å². The molecule has 0 aliphatic carbocycles. The quantitative estimate of drug-likeness (QED) is 0.675. The van der Waals surface area contributed by atoms with Crippen LogP contribution in [0.2, 0.25) is 0 Å². The zero-order valence-corrected chi connectivity index (χ0v) is 14.5. The molecule has 0 saturated carbocycles. The zero-order valence-electron chi connectivity index (χ0n) is 12.9. The van der Waals surface area contributed by atoms with Gasteiger partial charge in [-0.2, -0.15) is 0 Å². The molecule has 2 N–H and O–H groups in total. The van der Waals surface area contributed by atoms with Crippen LogP contribution in [0.5, 0.6) is 0 Å². The summed E-state index contributed by atoms with van der Waals surface area (Å²) in [6, 6.07) is 9.11. The van der Waals surface area contributed by atoms with Gasteiger partial charge >= 0.3 is 5.97 Å². The van der Waals surface area contributed by atoms with Crippen LogP contribution in [0.4, 0.5) is 0 Å². The first-order valence-corrected chi connectivity index (χ1v) is 8.49. The normalized spacial score (nSPS) is 32.4. The van der Waals surface area contributed by atoms with Crippen molar-refractivity contribution in [3.05, 3.63) is 35.9 Å². The Morgan fingerprint density at radius 3 is 2.64 bits per heavy atom. The number of hydrogen-bond acceptors (Lipinski definition) is 5. The molecule has 1 aromatic carbocycles. The molecular weight excluding hydrogens is 316 g/mol. The van der Waals surface area contributed by atoms with E-state index >= 15 is 0 Å². The van der Waals surface area contributed by atoms with Gasteiger partial charge in [-0.1, -0.05) is 42.5 Å². The summed E-state index contributed by atoms with van der Waals surface area (Å²) in [6.07, 6.45) is 0. The lowest BCUT2D eigenvalue weighted by atomic mass is 9.91. The molecule has 0 amide bonds. The van der Waals surface area contributed by atoms with Crippen LogP contribution in [-0.4, -0.2) is 37.6 Å². The molecule has 1 aromatic rings. The lowest BCUT2D eigenvalue weighted by molar-refractivity contribution is -0.151. The van der Waals surface area contributed by atoms with Crippen LogP contribution in [0.1, 0.15) is 26.3 Å². The van der Waals surface area contributed by atoms with Crippen molar-refractivity contribution in [3.8, 4) is 0 Å². The fourth-order valence-electron chi connectivity index (χ4n) is 3.27. The highest BCUT2D eigenvalue weighted by molar-refractivity contribution is 8.02. The summed E-state index contributed by atoms with van der Waals surface area (Å²) in [5.41, 5.74) is 7.11. The Hall–Kier alpha value is -1.11. The van der Waals surface area contributed by atoms with E-state index in [1.165, 1.54) is 0 Å². The Bertz CT molecular complexity index is 620. The van der Waals surface area contributed by atoms with Gasteiger partial charge in [0.05, 0.1) is 6.04 Å². The predicted molar refractivity (Wildman–Crippen MR) is 92.5 cm³/mol. The van der Waals surface area contributed by atoms with E-state index in [4.69, 9.17) is 22.7 Å². The molecule has 2 heterocycles. The maximum absolute atomic E-state index is 12.6. The number of carbonyl (C=O) groups excluding carboxylic acids is 1. The van der Waals surface area contributed by atoms with Crippen molar-refractivity contribution in [2.75, 3.05) is 0 Å². The van der Waals surface area contributed by atoms with Gasteiger partial charge in [0.25, 0.3) is 0 Å². The number of thioether (sulfide) groups is 1. The van der Waals surface area contributed by atoms with Crippen molar-refractivity contribution in [3.63, 3.8) is 0 Å². The number of carbonyl (C=O) groups is 1. The molecule has 3 rings (SSSR count). The highest BCUT2D eigenvalue weighted by atomic mass is 32.2. The smallest absolute Gasteiger partial charge is 0.330 e. The Kier molecular flexibility index (Phi) is 3.74. The maximum Gasteiger partial charge on any atom is 0.330 e. The molecule has 3 atom stereocenters. The number of nitrogens with zero attached hydrogens (tertiary/aromatic N) is 1. The van der Waals surface area contributed by atoms with Crippen LogP contribution >= 0.6 is 24.0 Å². The fourth-order valence-corrected chi connectivity index (χ4v) is 5.85. The monoisotopic (exact) mass is 336 g/mol. The number of benzene rings is 1. The third kappa shape index (κ3) is 2.25. The predicted octanol–water partition coefficient (Wildman–Crippen LogP) is 2.31. The van der Waals surface area contributed by atoms with Crippen molar-refractivity contribution in [1.82, 2.24) is 4.90 Å². The Labute approximate surface area is 140 Å². The highest BCUT2D eigenvalue weighted by Gasteiger charge is 2.67. The SMILES string of the molecule is CC1(C)SC2(C)[C@H](N)C(=S)N2[C@H]1C(=O)OCc1ccccc1. The molecular formula is C16H20N2O2S2. The summed E-state index contributed by atoms with van der Waals surface area (Å²) in [5, 5.41) is 0. The molecule has 2 aliphatic heterocycles. The first-order chi connectivity index (χ1) is 10.3. The molecule has 1 unspecified atom stereocenters. The zero-order chi connectivity index (χ0) is 16.1. The maximum atomic E-state index is 12.6. The number of thiocarbonyl (C=S) groups is 1. The third-order valence-electron chi connectivity index (χ3n) is 4.39. The Balaban J connectivity index is 1.75. The van der Waals surface area contributed by atoms with Gasteiger partial charge in [0.15, 0.2) is 0 Å². The van der Waals surface area contributed by atoms with Gasteiger partial charge in [-0.05, 0) is 26.3 Å². The lowest BCUT2D eigenvalue weighted by Gasteiger charge is -2.53. The molecule has 2 saturated heterocycles. The second kappa shape index (κ2) is 5.22. The lowest BCUT2D eigenvalue weighted by Crippen LogP contribution is -2.74. The van der Waals surface area contributed by atoms with Crippen LogP contribution in [0, 0.1) is 0 Å². The first-order valence-electron chi connectivity index (χ1n) is 7.27. The minimum atomic E-state index is -0.390. The number of nitrogens with two attached hydrogens (primary N) is 1. The van der Waals surface area contributed by atoms with E-state index in [9.17, 15) is 4.79 Å². The summed E-state index contributed by atoms with van der Waals surface area (Å²) in [5.74, 6) is -0.237. The van der Waals surface area contributed by atoms with Gasteiger partial charge in [0.2, 0.25) is 0 Å². The summed E-state index contributed by atoms with van der Waals surface area (Å²) in [6.45, 7) is 6.42. The second-order valence-corrected chi connectivity index (χ2v) is 8.94. The minimum absolute atomic E-state index is 0.182. The Morgan fingerprint density at radius 1 is 1.36 bits per heavy atom. The summed E-state index contributed by atoms with van der Waals surface area (Å²) in [4.78, 5) is 15.0. The van der Waals surface area contributed by atoms with Gasteiger partial charge in [-0.3, -0.25) is 0 Å². The van der Waals surface area contributed by atoms with E-state index in [-0.39, 0.29) is 28.2 Å². The van der Waals surface area contributed by atoms with E-state index in [0.29, 0.717) is 4.99 Å².